The van der Waals surface area contributed by atoms with E-state index in [0.29, 0.717) is 4.83 Å². The van der Waals surface area contributed by atoms with Gasteiger partial charge >= 0.3 is 0 Å². The largest absolute Gasteiger partial charge is 0.268 e. The van der Waals surface area contributed by atoms with Crippen LogP contribution in [0.25, 0.3) is 0 Å². The maximum atomic E-state index is 6.27. The zero-order valence-electron chi connectivity index (χ0n) is 9.84. The van der Waals surface area contributed by atoms with Crippen LogP contribution in [0.15, 0.2) is 0 Å². The van der Waals surface area contributed by atoms with Crippen LogP contribution in [-0.2, 0) is 13.0 Å². The highest BCUT2D eigenvalue weighted by Crippen LogP contribution is 2.39. The normalized spacial score (nSPS) is 17.8. The van der Waals surface area contributed by atoms with Crippen LogP contribution >= 0.6 is 27.5 Å². The lowest BCUT2D eigenvalue weighted by Gasteiger charge is -2.09. The molecule has 2 rings (SSSR count). The lowest BCUT2D eigenvalue weighted by Crippen LogP contribution is -2.07. The maximum Gasteiger partial charge on any atom is 0.0847 e. The molecular formula is C12H18BrClN2. The van der Waals surface area contributed by atoms with Crippen molar-refractivity contribution in [3.05, 3.63) is 16.4 Å². The quantitative estimate of drug-likeness (QED) is 0.753. The Balaban J connectivity index is 2.01. The summed E-state index contributed by atoms with van der Waals surface area (Å²) in [7, 11) is 0. The van der Waals surface area contributed by atoms with Gasteiger partial charge in [-0.1, -0.05) is 27.5 Å². The van der Waals surface area contributed by atoms with Crippen LogP contribution in [0.5, 0.6) is 0 Å². The topological polar surface area (TPSA) is 17.8 Å². The summed E-state index contributed by atoms with van der Waals surface area (Å²) in [5, 5.41) is 5.30. The molecule has 0 N–H and O–H groups in total. The van der Waals surface area contributed by atoms with E-state index in [1.165, 1.54) is 18.5 Å². The molecular weight excluding hydrogens is 288 g/mol. The molecule has 1 saturated carbocycles. The smallest absolute Gasteiger partial charge is 0.0847 e. The minimum absolute atomic E-state index is 0.657. The molecule has 16 heavy (non-hydrogen) atoms. The highest BCUT2D eigenvalue weighted by atomic mass is 79.9. The van der Waals surface area contributed by atoms with Gasteiger partial charge in [0.05, 0.1) is 16.4 Å². The molecule has 0 spiro atoms. The number of aryl methyl sites for hydroxylation is 2. The Morgan fingerprint density at radius 3 is 2.81 bits per heavy atom. The van der Waals surface area contributed by atoms with E-state index >= 15 is 0 Å². The van der Waals surface area contributed by atoms with Gasteiger partial charge in [-0.05, 0) is 45.4 Å². The molecule has 1 aliphatic carbocycles. The first kappa shape index (κ1) is 12.4. The SMILES string of the molecule is CCn1nc(C)c(Cl)c1CCC(Br)C1CC1. The lowest BCUT2D eigenvalue weighted by molar-refractivity contribution is 0.594. The van der Waals surface area contributed by atoms with Gasteiger partial charge in [0, 0.05) is 11.4 Å². The third kappa shape index (κ3) is 2.62. The second-order valence-electron chi connectivity index (χ2n) is 4.55. The van der Waals surface area contributed by atoms with E-state index in [4.69, 9.17) is 11.6 Å². The molecule has 1 aliphatic rings. The average molecular weight is 306 g/mol. The Bertz CT molecular complexity index is 371. The summed E-state index contributed by atoms with van der Waals surface area (Å²) in [5.74, 6) is 0.901. The third-order valence-corrected chi connectivity index (χ3v) is 4.94. The molecule has 1 aromatic heterocycles. The highest BCUT2D eigenvalue weighted by Gasteiger charge is 2.29. The van der Waals surface area contributed by atoms with Gasteiger partial charge < -0.3 is 0 Å². The summed E-state index contributed by atoms with van der Waals surface area (Å²) in [4.78, 5) is 0.657. The number of alkyl halides is 1. The van der Waals surface area contributed by atoms with E-state index in [2.05, 4.69) is 28.0 Å². The number of rotatable bonds is 5. The minimum Gasteiger partial charge on any atom is -0.268 e. The van der Waals surface area contributed by atoms with Gasteiger partial charge in [0.25, 0.3) is 0 Å². The summed E-state index contributed by atoms with van der Waals surface area (Å²) >= 11 is 10.0. The van der Waals surface area contributed by atoms with Crippen molar-refractivity contribution in [1.29, 1.82) is 0 Å². The molecule has 1 unspecified atom stereocenters. The summed E-state index contributed by atoms with van der Waals surface area (Å²) in [5.41, 5.74) is 2.16. The molecule has 1 atom stereocenters. The number of nitrogens with zero attached hydrogens (tertiary/aromatic N) is 2. The van der Waals surface area contributed by atoms with E-state index in [-0.39, 0.29) is 0 Å². The van der Waals surface area contributed by atoms with Crippen LogP contribution in [0.4, 0.5) is 0 Å². The van der Waals surface area contributed by atoms with Gasteiger partial charge in [0.1, 0.15) is 0 Å². The number of halogens is 2. The summed E-state index contributed by atoms with van der Waals surface area (Å²) < 4.78 is 2.03. The van der Waals surface area contributed by atoms with Crippen molar-refractivity contribution in [3.63, 3.8) is 0 Å². The fraction of sp³-hybridized carbons (Fsp3) is 0.750. The third-order valence-electron chi connectivity index (χ3n) is 3.24. The monoisotopic (exact) mass is 304 g/mol. The molecule has 1 heterocycles. The number of hydrogen-bond acceptors (Lipinski definition) is 1. The van der Waals surface area contributed by atoms with Crippen LogP contribution in [0.3, 0.4) is 0 Å². The summed E-state index contributed by atoms with van der Waals surface area (Å²) in [6, 6.07) is 0. The second-order valence-corrected chi connectivity index (χ2v) is 6.11. The first-order chi connectivity index (χ1) is 7.63. The molecule has 1 fully saturated rings. The van der Waals surface area contributed by atoms with Crippen LogP contribution < -0.4 is 0 Å². The zero-order valence-corrected chi connectivity index (χ0v) is 12.2. The lowest BCUT2D eigenvalue weighted by atomic mass is 10.1. The van der Waals surface area contributed by atoms with Crippen LogP contribution in [0.1, 0.15) is 37.6 Å². The van der Waals surface area contributed by atoms with Crippen LogP contribution in [0.2, 0.25) is 5.02 Å². The van der Waals surface area contributed by atoms with Gasteiger partial charge in [0.15, 0.2) is 0 Å². The molecule has 90 valence electrons. The van der Waals surface area contributed by atoms with Crippen LogP contribution in [0, 0.1) is 12.8 Å². The Morgan fingerprint density at radius 2 is 2.25 bits per heavy atom. The standard InChI is InChI=1S/C12H18BrClN2/c1-3-16-11(12(14)8(2)15-16)7-6-10(13)9-4-5-9/h9-10H,3-7H2,1-2H3. The van der Waals surface area contributed by atoms with Crippen molar-refractivity contribution < 1.29 is 0 Å². The molecule has 0 aliphatic heterocycles. The van der Waals surface area contributed by atoms with Crippen LogP contribution in [-0.4, -0.2) is 14.6 Å². The van der Waals surface area contributed by atoms with Gasteiger partial charge in [-0.3, -0.25) is 4.68 Å². The molecule has 4 heteroatoms. The van der Waals surface area contributed by atoms with E-state index in [1.807, 2.05) is 11.6 Å². The van der Waals surface area contributed by atoms with Crippen molar-refractivity contribution in [2.24, 2.45) is 5.92 Å². The molecule has 2 nitrogen and oxygen atoms in total. The van der Waals surface area contributed by atoms with E-state index in [0.717, 1.165) is 36.0 Å². The predicted molar refractivity (Wildman–Crippen MR) is 71.4 cm³/mol. The van der Waals surface area contributed by atoms with Gasteiger partial charge in [0.2, 0.25) is 0 Å². The van der Waals surface area contributed by atoms with E-state index < -0.39 is 0 Å². The Labute approximate surface area is 110 Å². The second kappa shape index (κ2) is 5.09. The fourth-order valence-electron chi connectivity index (χ4n) is 2.08. The van der Waals surface area contributed by atoms with Gasteiger partial charge in [-0.15, -0.1) is 0 Å². The minimum atomic E-state index is 0.657. The molecule has 0 radical (unpaired) electrons. The number of hydrogen-bond donors (Lipinski definition) is 0. The highest BCUT2D eigenvalue weighted by molar-refractivity contribution is 9.09. The molecule has 0 aromatic carbocycles. The first-order valence-electron chi connectivity index (χ1n) is 5.99. The Morgan fingerprint density at radius 1 is 1.56 bits per heavy atom. The molecule has 1 aromatic rings. The zero-order chi connectivity index (χ0) is 11.7. The Kier molecular flexibility index (Phi) is 3.96. The fourth-order valence-corrected chi connectivity index (χ4v) is 3.06. The molecule has 0 bridgehead atoms. The van der Waals surface area contributed by atoms with Crippen molar-refractivity contribution in [1.82, 2.24) is 9.78 Å². The average Bonchev–Trinajstić information content (AvgIpc) is 3.06. The van der Waals surface area contributed by atoms with Gasteiger partial charge in [-0.2, -0.15) is 5.10 Å². The first-order valence-corrected chi connectivity index (χ1v) is 7.28. The van der Waals surface area contributed by atoms with E-state index in [9.17, 15) is 0 Å². The maximum absolute atomic E-state index is 6.27. The summed E-state index contributed by atoms with van der Waals surface area (Å²) in [6.07, 6.45) is 4.96. The summed E-state index contributed by atoms with van der Waals surface area (Å²) in [6.45, 7) is 4.99. The molecule has 0 saturated heterocycles. The number of aromatic nitrogens is 2. The van der Waals surface area contributed by atoms with Crippen molar-refractivity contribution in [2.75, 3.05) is 0 Å². The van der Waals surface area contributed by atoms with Crippen molar-refractivity contribution >= 4 is 27.5 Å². The Hall–Kier alpha value is -0.0200. The van der Waals surface area contributed by atoms with E-state index in [1.54, 1.807) is 0 Å². The van der Waals surface area contributed by atoms with Gasteiger partial charge in [-0.25, -0.2) is 0 Å². The predicted octanol–water partition coefficient (Wildman–Crippen LogP) is 3.97. The van der Waals surface area contributed by atoms with Crippen molar-refractivity contribution in [3.8, 4) is 0 Å². The molecule has 0 amide bonds. The van der Waals surface area contributed by atoms with Crippen molar-refractivity contribution in [2.45, 2.75) is 50.9 Å².